The Morgan fingerprint density at radius 1 is 1.11 bits per heavy atom. The number of ether oxygens (including phenoxy) is 1. The second-order valence-corrected chi connectivity index (χ2v) is 6.68. The molecule has 2 saturated heterocycles. The number of benzene rings is 1. The lowest BCUT2D eigenvalue weighted by Crippen LogP contribution is -2.47. The SMILES string of the molecule is CN1CCN(Cc2ccc(CNC(=O)C3CNCCO3)cc2)CC1.Cl.Cl.Cl. The van der Waals surface area contributed by atoms with Gasteiger partial charge in [-0.05, 0) is 18.2 Å². The third kappa shape index (κ3) is 8.52. The van der Waals surface area contributed by atoms with Gasteiger partial charge in [0.1, 0.15) is 6.10 Å². The van der Waals surface area contributed by atoms with Crippen LogP contribution in [0, 0.1) is 0 Å². The van der Waals surface area contributed by atoms with Crippen LogP contribution < -0.4 is 10.6 Å². The Morgan fingerprint density at radius 2 is 1.74 bits per heavy atom. The van der Waals surface area contributed by atoms with Gasteiger partial charge in [-0.15, -0.1) is 37.2 Å². The smallest absolute Gasteiger partial charge is 0.250 e. The number of piperazine rings is 1. The lowest BCUT2D eigenvalue weighted by atomic mass is 10.1. The topological polar surface area (TPSA) is 56.8 Å². The van der Waals surface area contributed by atoms with Crippen molar-refractivity contribution in [1.29, 1.82) is 0 Å². The largest absolute Gasteiger partial charge is 0.366 e. The Hall–Kier alpha value is -0.600. The fourth-order valence-electron chi connectivity index (χ4n) is 3.06. The van der Waals surface area contributed by atoms with Gasteiger partial charge in [0.15, 0.2) is 0 Å². The van der Waals surface area contributed by atoms with Crippen molar-refractivity contribution in [2.75, 3.05) is 52.9 Å². The molecule has 1 aromatic rings. The number of morpholine rings is 1. The van der Waals surface area contributed by atoms with Gasteiger partial charge in [-0.1, -0.05) is 24.3 Å². The minimum atomic E-state index is -0.366. The van der Waals surface area contributed by atoms with E-state index < -0.39 is 0 Å². The normalized spacial score (nSPS) is 20.6. The number of hydrogen-bond donors (Lipinski definition) is 2. The standard InChI is InChI=1S/C18H28N4O2.3ClH/c1-21-7-9-22(10-8-21)14-16-4-2-15(3-5-16)12-20-18(23)17-13-19-6-11-24-17;;;/h2-5,17,19H,6-14H2,1H3,(H,20,23);3*1H. The molecule has 3 rings (SSSR count). The molecule has 0 aliphatic carbocycles. The molecule has 0 aromatic heterocycles. The van der Waals surface area contributed by atoms with Gasteiger partial charge < -0.3 is 20.3 Å². The van der Waals surface area contributed by atoms with Crippen molar-refractivity contribution >= 4 is 43.1 Å². The van der Waals surface area contributed by atoms with Gasteiger partial charge in [0.25, 0.3) is 5.91 Å². The summed E-state index contributed by atoms with van der Waals surface area (Å²) in [6, 6.07) is 8.54. The van der Waals surface area contributed by atoms with Crippen LogP contribution in [0.1, 0.15) is 11.1 Å². The summed E-state index contributed by atoms with van der Waals surface area (Å²) in [5.74, 6) is -0.0382. The Morgan fingerprint density at radius 3 is 2.33 bits per heavy atom. The van der Waals surface area contributed by atoms with Crippen LogP contribution >= 0.6 is 37.2 Å². The molecular weight excluding hydrogens is 411 g/mol. The molecule has 0 bridgehead atoms. The number of nitrogens with zero attached hydrogens (tertiary/aromatic N) is 2. The zero-order valence-corrected chi connectivity index (χ0v) is 18.1. The van der Waals surface area contributed by atoms with E-state index in [1.54, 1.807) is 0 Å². The number of likely N-dealkylation sites (N-methyl/N-ethyl adjacent to an activating group) is 1. The summed E-state index contributed by atoms with van der Waals surface area (Å²) in [4.78, 5) is 16.9. The van der Waals surface area contributed by atoms with Crippen molar-refractivity contribution in [1.82, 2.24) is 20.4 Å². The summed E-state index contributed by atoms with van der Waals surface area (Å²) in [6.07, 6.45) is -0.366. The summed E-state index contributed by atoms with van der Waals surface area (Å²) in [6.45, 7) is 8.10. The van der Waals surface area contributed by atoms with Crippen molar-refractivity contribution in [3.05, 3.63) is 35.4 Å². The highest BCUT2D eigenvalue weighted by Crippen LogP contribution is 2.10. The summed E-state index contributed by atoms with van der Waals surface area (Å²) in [5, 5.41) is 6.12. The maximum Gasteiger partial charge on any atom is 0.250 e. The van der Waals surface area contributed by atoms with Crippen LogP contribution in [0.15, 0.2) is 24.3 Å². The average Bonchev–Trinajstić information content (AvgIpc) is 2.63. The van der Waals surface area contributed by atoms with E-state index in [1.165, 1.54) is 5.56 Å². The van der Waals surface area contributed by atoms with Gasteiger partial charge in [-0.3, -0.25) is 9.69 Å². The van der Waals surface area contributed by atoms with E-state index >= 15 is 0 Å². The van der Waals surface area contributed by atoms with Crippen molar-refractivity contribution in [2.24, 2.45) is 0 Å². The summed E-state index contributed by atoms with van der Waals surface area (Å²) in [7, 11) is 2.18. The highest BCUT2D eigenvalue weighted by atomic mass is 35.5. The Labute approximate surface area is 180 Å². The maximum atomic E-state index is 12.0. The maximum absolute atomic E-state index is 12.0. The number of hydrogen-bond acceptors (Lipinski definition) is 5. The fraction of sp³-hybridized carbons (Fsp3) is 0.611. The predicted molar refractivity (Wildman–Crippen MR) is 115 cm³/mol. The van der Waals surface area contributed by atoms with E-state index in [0.717, 1.165) is 44.8 Å². The van der Waals surface area contributed by atoms with Crippen LogP contribution in [0.4, 0.5) is 0 Å². The molecular formula is C18H31Cl3N4O2. The monoisotopic (exact) mass is 440 g/mol. The van der Waals surface area contributed by atoms with Gasteiger partial charge >= 0.3 is 0 Å². The van der Waals surface area contributed by atoms with Crippen LogP contribution in [-0.2, 0) is 22.6 Å². The first kappa shape index (κ1) is 26.4. The molecule has 27 heavy (non-hydrogen) atoms. The van der Waals surface area contributed by atoms with Crippen LogP contribution in [0.25, 0.3) is 0 Å². The highest BCUT2D eigenvalue weighted by molar-refractivity contribution is 5.86. The lowest BCUT2D eigenvalue weighted by molar-refractivity contribution is -0.134. The van der Waals surface area contributed by atoms with Crippen LogP contribution in [0.5, 0.6) is 0 Å². The van der Waals surface area contributed by atoms with E-state index in [0.29, 0.717) is 19.7 Å². The van der Waals surface area contributed by atoms with E-state index in [1.807, 2.05) is 0 Å². The number of halogens is 3. The first-order valence-electron chi connectivity index (χ1n) is 8.79. The number of carbonyl (C=O) groups is 1. The third-order valence-electron chi connectivity index (χ3n) is 4.71. The first-order chi connectivity index (χ1) is 11.7. The minimum absolute atomic E-state index is 0. The molecule has 1 unspecified atom stereocenters. The van der Waals surface area contributed by atoms with Gasteiger partial charge in [0.05, 0.1) is 6.61 Å². The van der Waals surface area contributed by atoms with E-state index in [2.05, 4.69) is 51.7 Å². The molecule has 1 aromatic carbocycles. The Kier molecular flexibility index (Phi) is 13.3. The van der Waals surface area contributed by atoms with E-state index in [4.69, 9.17) is 4.74 Å². The molecule has 2 fully saturated rings. The number of amides is 1. The van der Waals surface area contributed by atoms with Gasteiger partial charge in [-0.2, -0.15) is 0 Å². The molecule has 0 radical (unpaired) electrons. The van der Waals surface area contributed by atoms with Crippen molar-refractivity contribution in [3.8, 4) is 0 Å². The minimum Gasteiger partial charge on any atom is -0.366 e. The van der Waals surface area contributed by atoms with E-state index in [-0.39, 0.29) is 49.2 Å². The summed E-state index contributed by atoms with van der Waals surface area (Å²) < 4.78 is 5.46. The summed E-state index contributed by atoms with van der Waals surface area (Å²) in [5.41, 5.74) is 2.45. The second kappa shape index (κ2) is 13.6. The summed E-state index contributed by atoms with van der Waals surface area (Å²) >= 11 is 0. The molecule has 0 saturated carbocycles. The van der Waals surface area contributed by atoms with E-state index in [9.17, 15) is 4.79 Å². The Bertz CT molecular complexity index is 534. The molecule has 1 atom stereocenters. The molecule has 2 aliphatic rings. The van der Waals surface area contributed by atoms with Crippen molar-refractivity contribution in [2.45, 2.75) is 19.2 Å². The van der Waals surface area contributed by atoms with Gasteiger partial charge in [0, 0.05) is 52.4 Å². The number of rotatable bonds is 5. The van der Waals surface area contributed by atoms with Gasteiger partial charge in [0.2, 0.25) is 0 Å². The number of carbonyl (C=O) groups excluding carboxylic acids is 1. The second-order valence-electron chi connectivity index (χ2n) is 6.68. The van der Waals surface area contributed by atoms with Crippen molar-refractivity contribution < 1.29 is 9.53 Å². The zero-order chi connectivity index (χ0) is 16.8. The number of nitrogens with one attached hydrogen (secondary N) is 2. The zero-order valence-electron chi connectivity index (χ0n) is 15.7. The molecule has 2 aliphatic heterocycles. The average molecular weight is 442 g/mol. The fourth-order valence-corrected chi connectivity index (χ4v) is 3.06. The third-order valence-corrected chi connectivity index (χ3v) is 4.71. The lowest BCUT2D eigenvalue weighted by Gasteiger charge is -2.32. The Balaban J connectivity index is 0.00000225. The molecule has 9 heteroatoms. The van der Waals surface area contributed by atoms with Crippen LogP contribution in [-0.4, -0.2) is 74.7 Å². The van der Waals surface area contributed by atoms with Crippen LogP contribution in [0.3, 0.4) is 0 Å². The molecule has 1 amide bonds. The van der Waals surface area contributed by atoms with Crippen LogP contribution in [0.2, 0.25) is 0 Å². The predicted octanol–water partition coefficient (Wildman–Crippen LogP) is 1.30. The highest BCUT2D eigenvalue weighted by Gasteiger charge is 2.21. The van der Waals surface area contributed by atoms with Gasteiger partial charge in [-0.25, -0.2) is 0 Å². The first-order valence-corrected chi connectivity index (χ1v) is 8.79. The molecule has 2 N–H and O–H groups in total. The molecule has 156 valence electrons. The quantitative estimate of drug-likeness (QED) is 0.721. The molecule has 0 spiro atoms. The molecule has 2 heterocycles. The van der Waals surface area contributed by atoms with Crippen molar-refractivity contribution in [3.63, 3.8) is 0 Å². The molecule has 6 nitrogen and oxygen atoms in total.